The van der Waals surface area contributed by atoms with Gasteiger partial charge in [-0.25, -0.2) is 0 Å². The molecule has 0 unspecified atom stereocenters. The van der Waals surface area contributed by atoms with E-state index in [1.807, 2.05) is 18.2 Å². The van der Waals surface area contributed by atoms with Crippen molar-refractivity contribution in [2.45, 2.75) is 63.9 Å². The Bertz CT molecular complexity index is 393. The van der Waals surface area contributed by atoms with E-state index in [2.05, 4.69) is 12.1 Å². The molecule has 1 N–H and O–H groups in total. The first-order valence-corrected chi connectivity index (χ1v) is 7.99. The zero-order valence-electron chi connectivity index (χ0n) is 12.3. The molecule has 0 saturated heterocycles. The smallest absolute Gasteiger partial charge is 0.135 e. The largest absolute Gasteiger partial charge is 0.392 e. The average Bonchev–Trinajstić information content (AvgIpc) is 2.49. The zero-order chi connectivity index (χ0) is 14.2. The van der Waals surface area contributed by atoms with Gasteiger partial charge in [0.25, 0.3) is 0 Å². The second-order valence-corrected chi connectivity index (χ2v) is 6.05. The summed E-state index contributed by atoms with van der Waals surface area (Å²) in [6.45, 7) is 0. The minimum Gasteiger partial charge on any atom is -0.392 e. The highest BCUT2D eigenvalue weighted by Gasteiger charge is 2.23. The van der Waals surface area contributed by atoms with Gasteiger partial charge >= 0.3 is 0 Å². The molecule has 2 rings (SSSR count). The maximum atomic E-state index is 11.9. The quantitative estimate of drug-likeness (QED) is 0.818. The number of hydrogen-bond donors (Lipinski definition) is 1. The Kier molecular flexibility index (Phi) is 6.25. The van der Waals surface area contributed by atoms with E-state index in [-0.39, 0.29) is 5.78 Å². The lowest BCUT2D eigenvalue weighted by molar-refractivity contribution is -0.122. The van der Waals surface area contributed by atoms with Crippen molar-refractivity contribution in [3.8, 4) is 0 Å². The predicted molar refractivity (Wildman–Crippen MR) is 81.6 cm³/mol. The molecule has 1 aromatic rings. The number of benzene rings is 1. The maximum Gasteiger partial charge on any atom is 0.135 e. The number of carbonyl (C=O) groups is 1. The summed E-state index contributed by atoms with van der Waals surface area (Å²) in [4.78, 5) is 11.9. The average molecular weight is 274 g/mol. The Balaban J connectivity index is 1.64. The minimum absolute atomic E-state index is 0.221. The number of aliphatic hydroxyl groups is 1. The number of carbonyl (C=O) groups excluding carboxylic acids is 1. The van der Waals surface area contributed by atoms with Crippen molar-refractivity contribution >= 4 is 5.78 Å². The van der Waals surface area contributed by atoms with E-state index in [1.54, 1.807) is 0 Å². The summed E-state index contributed by atoms with van der Waals surface area (Å²) in [7, 11) is 0. The predicted octanol–water partition coefficient (Wildman–Crippen LogP) is 3.91. The number of ketones is 1. The molecule has 0 aliphatic heterocycles. The number of Topliss-reactive ketones (excluding diaryl/α,β-unsaturated/α-hetero) is 1. The summed E-state index contributed by atoms with van der Waals surface area (Å²) in [6, 6.07) is 10.3. The van der Waals surface area contributed by atoms with Gasteiger partial charge in [-0.15, -0.1) is 0 Å². The molecule has 20 heavy (non-hydrogen) atoms. The van der Waals surface area contributed by atoms with Gasteiger partial charge in [-0.1, -0.05) is 49.6 Å². The van der Waals surface area contributed by atoms with Crippen molar-refractivity contribution in [2.75, 3.05) is 0 Å². The first-order valence-electron chi connectivity index (χ1n) is 7.99. The van der Waals surface area contributed by atoms with Gasteiger partial charge in [0.2, 0.25) is 0 Å². The maximum absolute atomic E-state index is 11.9. The lowest BCUT2D eigenvalue weighted by Crippen LogP contribution is -2.25. The third-order valence-corrected chi connectivity index (χ3v) is 4.39. The fraction of sp³-hybridized carbons (Fsp3) is 0.611. The van der Waals surface area contributed by atoms with Gasteiger partial charge in [-0.3, -0.25) is 4.79 Å². The van der Waals surface area contributed by atoms with Crippen LogP contribution in [-0.4, -0.2) is 17.0 Å². The zero-order valence-corrected chi connectivity index (χ0v) is 12.3. The van der Waals surface area contributed by atoms with Gasteiger partial charge in [0, 0.05) is 12.8 Å². The monoisotopic (exact) mass is 274 g/mol. The molecular formula is C18H26O2. The van der Waals surface area contributed by atoms with Gasteiger partial charge in [-0.05, 0) is 37.2 Å². The molecule has 0 bridgehead atoms. The van der Waals surface area contributed by atoms with Crippen LogP contribution in [0.3, 0.4) is 0 Å². The van der Waals surface area contributed by atoms with E-state index in [9.17, 15) is 9.90 Å². The minimum atomic E-state index is -0.403. The van der Waals surface area contributed by atoms with Crippen LogP contribution in [0.25, 0.3) is 0 Å². The molecule has 0 heterocycles. The van der Waals surface area contributed by atoms with Crippen LogP contribution >= 0.6 is 0 Å². The van der Waals surface area contributed by atoms with Crippen LogP contribution < -0.4 is 0 Å². The summed E-state index contributed by atoms with van der Waals surface area (Å²) in [6.07, 6.45) is 8.29. The molecular weight excluding hydrogens is 248 g/mol. The summed E-state index contributed by atoms with van der Waals surface area (Å²) >= 11 is 0. The second kappa shape index (κ2) is 8.21. The molecule has 1 aromatic carbocycles. The van der Waals surface area contributed by atoms with Crippen LogP contribution in [0.5, 0.6) is 0 Å². The second-order valence-electron chi connectivity index (χ2n) is 6.05. The van der Waals surface area contributed by atoms with Gasteiger partial charge < -0.3 is 5.11 Å². The first kappa shape index (κ1) is 15.2. The Morgan fingerprint density at radius 2 is 1.85 bits per heavy atom. The molecule has 1 aliphatic carbocycles. The molecule has 1 atom stereocenters. The molecule has 0 aromatic heterocycles. The molecule has 2 heteroatoms. The molecule has 110 valence electrons. The van der Waals surface area contributed by atoms with E-state index in [1.165, 1.54) is 24.8 Å². The van der Waals surface area contributed by atoms with E-state index in [4.69, 9.17) is 0 Å². The van der Waals surface area contributed by atoms with Crippen molar-refractivity contribution in [3.63, 3.8) is 0 Å². The molecule has 0 spiro atoms. The van der Waals surface area contributed by atoms with Gasteiger partial charge in [-0.2, -0.15) is 0 Å². The summed E-state index contributed by atoms with van der Waals surface area (Å²) in [5, 5.41) is 10.1. The van der Waals surface area contributed by atoms with Crippen LogP contribution in [-0.2, 0) is 11.2 Å². The fourth-order valence-corrected chi connectivity index (χ4v) is 3.16. The van der Waals surface area contributed by atoms with Crippen LogP contribution in [0, 0.1) is 5.92 Å². The Hall–Kier alpha value is -1.15. The molecule has 1 aliphatic rings. The molecule has 1 saturated carbocycles. The van der Waals surface area contributed by atoms with Crippen molar-refractivity contribution < 1.29 is 9.90 Å². The van der Waals surface area contributed by atoms with E-state index in [0.717, 1.165) is 25.7 Å². The summed E-state index contributed by atoms with van der Waals surface area (Å²) in [5.74, 6) is 0.584. The standard InChI is InChI=1S/C18H26O2/c19-17(13-7-10-15-8-3-1-4-9-15)14-18(20)16-11-5-2-6-12-16/h1,3-4,8-9,16,18,20H,2,5-7,10-14H2/t18-/m0/s1. The Morgan fingerprint density at radius 3 is 2.55 bits per heavy atom. The summed E-state index contributed by atoms with van der Waals surface area (Å²) in [5.41, 5.74) is 1.29. The third-order valence-electron chi connectivity index (χ3n) is 4.39. The SMILES string of the molecule is O=C(CCCc1ccccc1)C[C@H](O)C1CCCCC1. The number of rotatable bonds is 7. The first-order chi connectivity index (χ1) is 9.75. The number of aliphatic hydroxyl groups excluding tert-OH is 1. The van der Waals surface area contributed by atoms with E-state index in [0.29, 0.717) is 18.8 Å². The number of hydrogen-bond acceptors (Lipinski definition) is 2. The molecule has 0 radical (unpaired) electrons. The highest BCUT2D eigenvalue weighted by Crippen LogP contribution is 2.28. The van der Waals surface area contributed by atoms with E-state index < -0.39 is 6.10 Å². The lowest BCUT2D eigenvalue weighted by Gasteiger charge is -2.26. The van der Waals surface area contributed by atoms with Crippen LogP contribution in [0.1, 0.15) is 56.9 Å². The van der Waals surface area contributed by atoms with Crippen molar-refractivity contribution in [1.29, 1.82) is 0 Å². The fourth-order valence-electron chi connectivity index (χ4n) is 3.16. The van der Waals surface area contributed by atoms with Crippen LogP contribution in [0.2, 0.25) is 0 Å². The third kappa shape index (κ3) is 5.09. The van der Waals surface area contributed by atoms with Gasteiger partial charge in [0.15, 0.2) is 0 Å². The summed E-state index contributed by atoms with van der Waals surface area (Å²) < 4.78 is 0. The molecule has 1 fully saturated rings. The van der Waals surface area contributed by atoms with Crippen molar-refractivity contribution in [3.05, 3.63) is 35.9 Å². The van der Waals surface area contributed by atoms with Crippen molar-refractivity contribution in [2.24, 2.45) is 5.92 Å². The van der Waals surface area contributed by atoms with Crippen molar-refractivity contribution in [1.82, 2.24) is 0 Å². The molecule has 0 amide bonds. The molecule has 2 nitrogen and oxygen atoms in total. The topological polar surface area (TPSA) is 37.3 Å². The normalized spacial score (nSPS) is 17.9. The Labute approximate surface area is 122 Å². The Morgan fingerprint density at radius 1 is 1.15 bits per heavy atom. The highest BCUT2D eigenvalue weighted by molar-refractivity contribution is 5.78. The lowest BCUT2D eigenvalue weighted by atomic mass is 9.83. The van der Waals surface area contributed by atoms with E-state index >= 15 is 0 Å². The van der Waals surface area contributed by atoms with Gasteiger partial charge in [0.05, 0.1) is 6.10 Å². The highest BCUT2D eigenvalue weighted by atomic mass is 16.3. The number of aryl methyl sites for hydroxylation is 1. The van der Waals surface area contributed by atoms with Crippen LogP contribution in [0.4, 0.5) is 0 Å². The van der Waals surface area contributed by atoms with Crippen LogP contribution in [0.15, 0.2) is 30.3 Å². The van der Waals surface area contributed by atoms with Gasteiger partial charge in [0.1, 0.15) is 5.78 Å².